The predicted molar refractivity (Wildman–Crippen MR) is 58.9 cm³/mol. The van der Waals surface area contributed by atoms with E-state index in [1.54, 1.807) is 0 Å². The molecule has 0 aliphatic carbocycles. The van der Waals surface area contributed by atoms with E-state index in [0.717, 1.165) is 0 Å². The van der Waals surface area contributed by atoms with Crippen LogP contribution in [0.3, 0.4) is 0 Å². The van der Waals surface area contributed by atoms with Gasteiger partial charge in [0.05, 0.1) is 12.7 Å². The summed E-state index contributed by atoms with van der Waals surface area (Å²) in [6.45, 7) is 4.14. The highest BCUT2D eigenvalue weighted by atomic mass is 31.1. The van der Waals surface area contributed by atoms with Gasteiger partial charge in [-0.05, 0) is 18.4 Å². The predicted octanol–water partition coefficient (Wildman–Crippen LogP) is 0.107. The third-order valence-electron chi connectivity index (χ3n) is 2.67. The lowest BCUT2D eigenvalue weighted by Gasteiger charge is -2.17. The molecule has 0 amide bonds. The Kier molecular flexibility index (Phi) is 4.18. The Morgan fingerprint density at radius 2 is 2.00 bits per heavy atom. The minimum atomic E-state index is -2.53. The van der Waals surface area contributed by atoms with Crippen LogP contribution in [-0.4, -0.2) is 55.8 Å². The second kappa shape index (κ2) is 5.30. The fourth-order valence-corrected chi connectivity index (χ4v) is 2.39. The number of hydrogen-bond acceptors (Lipinski definition) is 5. The van der Waals surface area contributed by atoms with E-state index in [2.05, 4.69) is 0 Å². The van der Waals surface area contributed by atoms with Gasteiger partial charge in [0.15, 0.2) is 0 Å². The topological polar surface area (TPSA) is 74.2 Å². The fraction of sp³-hybridized carbons (Fsp3) is 1.00. The van der Waals surface area contributed by atoms with Gasteiger partial charge in [0, 0.05) is 6.00 Å². The molecule has 3 unspecified atom stereocenters. The van der Waals surface area contributed by atoms with Crippen molar-refractivity contribution in [2.24, 2.45) is 0 Å². The average Bonchev–Trinajstić information content (AvgIpc) is 2.77. The van der Waals surface area contributed by atoms with Crippen LogP contribution in [0.15, 0.2) is 0 Å². The lowest BCUT2D eigenvalue weighted by atomic mass is 9.93. The van der Waals surface area contributed by atoms with Crippen LogP contribution in [0, 0.1) is 0 Å². The van der Waals surface area contributed by atoms with Crippen LogP contribution in [0.2, 0.25) is 0 Å². The van der Waals surface area contributed by atoms with Gasteiger partial charge in [0.2, 0.25) is 0 Å². The maximum Gasteiger partial charge on any atom is 0.569 e. The van der Waals surface area contributed by atoms with Crippen LogP contribution in [0.25, 0.3) is 0 Å². The van der Waals surface area contributed by atoms with Gasteiger partial charge >= 0.3 is 14.1 Å². The van der Waals surface area contributed by atoms with E-state index in [9.17, 15) is 4.57 Å². The lowest BCUT2D eigenvalue weighted by molar-refractivity contribution is -0.101. The summed E-state index contributed by atoms with van der Waals surface area (Å²) in [7, 11) is 3.19. The highest BCUT2D eigenvalue weighted by molar-refractivity contribution is 7.38. The summed E-state index contributed by atoms with van der Waals surface area (Å²) in [5, 5.41) is 0. The third kappa shape index (κ3) is 2.87. The van der Waals surface area contributed by atoms with E-state index in [1.807, 2.05) is 13.8 Å². The van der Waals surface area contributed by atoms with Gasteiger partial charge in [-0.1, -0.05) is 0 Å². The first-order chi connectivity index (χ1) is 7.99. The standard InChI is InChI=1S/C9H14BO6P/c1-4(2)13-3-5-6-7(8(10)14-5)16-9(15-6)17(11)12/h4-9H,3H2,1-2H3/p+1/t5-,6?,7+,8-,9?/m1/s1. The van der Waals surface area contributed by atoms with Crippen molar-refractivity contribution in [2.75, 3.05) is 6.61 Å². The Hall–Kier alpha value is -0.0351. The van der Waals surface area contributed by atoms with Crippen LogP contribution in [0.5, 0.6) is 0 Å². The normalized spacial score (nSPS) is 41.9. The summed E-state index contributed by atoms with van der Waals surface area (Å²) in [5.74, 6) is 0. The molecule has 8 heteroatoms. The highest BCUT2D eigenvalue weighted by Crippen LogP contribution is 2.40. The van der Waals surface area contributed by atoms with E-state index in [1.165, 1.54) is 0 Å². The summed E-state index contributed by atoms with van der Waals surface area (Å²) in [4.78, 5) is 8.94. The lowest BCUT2D eigenvalue weighted by Crippen LogP contribution is -2.32. The van der Waals surface area contributed by atoms with Crippen molar-refractivity contribution < 1.29 is 28.4 Å². The molecule has 2 heterocycles. The molecule has 6 nitrogen and oxygen atoms in total. The molecule has 94 valence electrons. The number of ether oxygens (including phenoxy) is 4. The van der Waals surface area contributed by atoms with Crippen molar-refractivity contribution in [3.05, 3.63) is 0 Å². The Morgan fingerprint density at radius 3 is 2.59 bits per heavy atom. The maximum atomic E-state index is 10.9. The molecule has 2 saturated heterocycles. The molecule has 0 aromatic rings. The Balaban J connectivity index is 1.95. The van der Waals surface area contributed by atoms with Crippen LogP contribution >= 0.6 is 8.03 Å². The van der Waals surface area contributed by atoms with Crippen LogP contribution < -0.4 is 0 Å². The summed E-state index contributed by atoms with van der Waals surface area (Å²) in [5.41, 5.74) is 0. The van der Waals surface area contributed by atoms with Crippen molar-refractivity contribution in [1.29, 1.82) is 0 Å². The van der Waals surface area contributed by atoms with Gasteiger partial charge in [-0.25, -0.2) is 0 Å². The van der Waals surface area contributed by atoms with Gasteiger partial charge in [-0.15, -0.1) is 0 Å². The van der Waals surface area contributed by atoms with Gasteiger partial charge in [-0.2, -0.15) is 4.89 Å². The molecule has 6 atom stereocenters. The second-order valence-corrected chi connectivity index (χ2v) is 5.36. The molecular formula is C9H15BO6P+. The van der Waals surface area contributed by atoms with Crippen molar-refractivity contribution >= 4 is 15.9 Å². The zero-order valence-corrected chi connectivity index (χ0v) is 10.6. The largest absolute Gasteiger partial charge is 0.569 e. The Labute approximate surface area is 102 Å². The molecule has 0 bridgehead atoms. The molecule has 2 fully saturated rings. The molecule has 2 aliphatic heterocycles. The summed E-state index contributed by atoms with van der Waals surface area (Å²) >= 11 is 0. The fourth-order valence-electron chi connectivity index (χ4n) is 1.90. The van der Waals surface area contributed by atoms with Gasteiger partial charge < -0.3 is 18.9 Å². The summed E-state index contributed by atoms with van der Waals surface area (Å²) in [6.07, 6.45) is -1.24. The van der Waals surface area contributed by atoms with E-state index in [-0.39, 0.29) is 12.2 Å². The zero-order chi connectivity index (χ0) is 12.6. The number of fused-ring (bicyclic) bond motifs is 1. The minimum Gasteiger partial charge on any atom is -0.377 e. The average molecular weight is 261 g/mol. The first-order valence-electron chi connectivity index (χ1n) is 5.48. The van der Waals surface area contributed by atoms with Gasteiger partial charge in [0.25, 0.3) is 0 Å². The molecule has 0 aromatic heterocycles. The molecule has 0 aromatic carbocycles. The zero-order valence-electron chi connectivity index (χ0n) is 9.68. The Morgan fingerprint density at radius 1 is 1.35 bits per heavy atom. The maximum absolute atomic E-state index is 10.9. The van der Waals surface area contributed by atoms with Crippen LogP contribution in [-0.2, 0) is 23.5 Å². The third-order valence-corrected chi connectivity index (χ3v) is 3.27. The van der Waals surface area contributed by atoms with Crippen molar-refractivity contribution in [2.45, 2.75) is 50.3 Å². The highest BCUT2D eigenvalue weighted by Gasteiger charge is 2.56. The second-order valence-electron chi connectivity index (χ2n) is 4.33. The van der Waals surface area contributed by atoms with Crippen molar-refractivity contribution in [3.8, 4) is 0 Å². The number of rotatable bonds is 4. The van der Waals surface area contributed by atoms with E-state index >= 15 is 0 Å². The summed E-state index contributed by atoms with van der Waals surface area (Å²) in [6, 6.07) is -1.77. The van der Waals surface area contributed by atoms with Crippen LogP contribution in [0.1, 0.15) is 13.8 Å². The smallest absolute Gasteiger partial charge is 0.377 e. The molecule has 2 aliphatic rings. The first-order valence-corrected chi connectivity index (χ1v) is 6.76. The monoisotopic (exact) mass is 261 g/mol. The van der Waals surface area contributed by atoms with Crippen molar-refractivity contribution in [1.82, 2.24) is 0 Å². The van der Waals surface area contributed by atoms with Gasteiger partial charge in [0.1, 0.15) is 26.2 Å². The minimum absolute atomic E-state index is 0.0708. The SMILES string of the molecule is [B][C@@H]1O[C@H](COC(C)C)C2OC([P+](=O)O)O[C@@H]21. The van der Waals surface area contributed by atoms with E-state index < -0.39 is 32.3 Å². The first kappa shape index (κ1) is 13.4. The van der Waals surface area contributed by atoms with Crippen molar-refractivity contribution in [3.63, 3.8) is 0 Å². The van der Waals surface area contributed by atoms with Gasteiger partial charge in [-0.3, -0.25) is 0 Å². The number of hydrogen-bond donors (Lipinski definition) is 1. The molecular weight excluding hydrogens is 246 g/mol. The van der Waals surface area contributed by atoms with Crippen LogP contribution in [0.4, 0.5) is 0 Å². The molecule has 0 spiro atoms. The quantitative estimate of drug-likeness (QED) is 0.571. The molecule has 2 rings (SSSR count). The summed E-state index contributed by atoms with van der Waals surface area (Å²) < 4.78 is 32.3. The molecule has 2 radical (unpaired) electrons. The van der Waals surface area contributed by atoms with E-state index in [0.29, 0.717) is 6.61 Å². The molecule has 1 N–H and O–H groups in total. The van der Waals surface area contributed by atoms with E-state index in [4.69, 9.17) is 31.7 Å². The Bertz CT molecular complexity index is 301. The molecule has 17 heavy (non-hydrogen) atoms. The molecule has 0 saturated carbocycles.